The molecule has 0 radical (unpaired) electrons. The van der Waals surface area contributed by atoms with Crippen molar-refractivity contribution in [3.8, 4) is 0 Å². The Labute approximate surface area is 153 Å². The van der Waals surface area contributed by atoms with Gasteiger partial charge in [-0.25, -0.2) is 4.39 Å². The van der Waals surface area contributed by atoms with Gasteiger partial charge in [-0.15, -0.1) is 0 Å². The zero-order valence-electron chi connectivity index (χ0n) is 15.1. The van der Waals surface area contributed by atoms with Crippen molar-refractivity contribution >= 4 is 11.7 Å². The van der Waals surface area contributed by atoms with E-state index in [0.29, 0.717) is 13.2 Å². The second kappa shape index (κ2) is 7.46. The number of anilines is 1. The molecule has 0 spiro atoms. The van der Waals surface area contributed by atoms with Crippen LogP contribution in [0.2, 0.25) is 0 Å². The fourth-order valence-corrected chi connectivity index (χ4v) is 3.50. The molecule has 1 saturated heterocycles. The lowest BCUT2D eigenvalue weighted by atomic mass is 9.71. The quantitative estimate of drug-likeness (QED) is 0.882. The van der Waals surface area contributed by atoms with Crippen molar-refractivity contribution in [3.05, 3.63) is 65.5 Å². The number of ether oxygens (including phenoxy) is 1. The van der Waals surface area contributed by atoms with Crippen LogP contribution < -0.4 is 4.90 Å². The summed E-state index contributed by atoms with van der Waals surface area (Å²) in [6, 6.07) is 14.1. The number of halogens is 1. The third-order valence-electron chi connectivity index (χ3n) is 5.08. The average molecular weight is 357 g/mol. The number of hydrogen-bond donors (Lipinski definition) is 1. The van der Waals surface area contributed by atoms with E-state index in [1.165, 1.54) is 12.1 Å². The molecule has 0 bridgehead atoms. The summed E-state index contributed by atoms with van der Waals surface area (Å²) in [7, 11) is 0. The molecule has 1 heterocycles. The molecule has 5 heteroatoms. The number of benzene rings is 2. The van der Waals surface area contributed by atoms with Crippen LogP contribution in [0.5, 0.6) is 0 Å². The van der Waals surface area contributed by atoms with Gasteiger partial charge in [0.25, 0.3) is 0 Å². The lowest BCUT2D eigenvalue weighted by Crippen LogP contribution is -2.36. The van der Waals surface area contributed by atoms with E-state index in [9.17, 15) is 14.3 Å². The molecule has 0 amide bonds. The molecular weight excluding hydrogens is 333 g/mol. The van der Waals surface area contributed by atoms with Crippen molar-refractivity contribution in [1.82, 2.24) is 0 Å². The highest BCUT2D eigenvalue weighted by molar-refractivity contribution is 5.76. The minimum Gasteiger partial charge on any atom is -0.481 e. The van der Waals surface area contributed by atoms with Gasteiger partial charge in [-0.3, -0.25) is 4.79 Å². The van der Waals surface area contributed by atoms with Gasteiger partial charge in [0.2, 0.25) is 0 Å². The van der Waals surface area contributed by atoms with Gasteiger partial charge in [-0.05, 0) is 49.2 Å². The van der Waals surface area contributed by atoms with Crippen molar-refractivity contribution in [2.75, 3.05) is 31.2 Å². The van der Waals surface area contributed by atoms with Crippen LogP contribution in [0.1, 0.15) is 30.9 Å². The molecular formula is C21H24FNO3. The smallest absolute Gasteiger partial charge is 0.310 e. The van der Waals surface area contributed by atoms with Crippen molar-refractivity contribution in [2.24, 2.45) is 5.41 Å². The van der Waals surface area contributed by atoms with Gasteiger partial charge in [0.05, 0.1) is 18.6 Å². The van der Waals surface area contributed by atoms with E-state index in [1.807, 2.05) is 24.3 Å². The highest BCUT2D eigenvalue weighted by Gasteiger charge is 2.39. The average Bonchev–Trinajstić information content (AvgIpc) is 2.64. The van der Waals surface area contributed by atoms with Gasteiger partial charge in [0.1, 0.15) is 5.82 Å². The molecule has 26 heavy (non-hydrogen) atoms. The summed E-state index contributed by atoms with van der Waals surface area (Å²) in [5, 5.41) is 9.75. The molecule has 1 N–H and O–H groups in total. The molecule has 1 atom stereocenters. The normalized spacial score (nSPS) is 16.3. The lowest BCUT2D eigenvalue weighted by molar-refractivity contribution is -0.147. The van der Waals surface area contributed by atoms with Gasteiger partial charge < -0.3 is 14.7 Å². The number of carbonyl (C=O) groups is 1. The largest absolute Gasteiger partial charge is 0.481 e. The Hall–Kier alpha value is -2.40. The lowest BCUT2D eigenvalue weighted by Gasteiger charge is -2.32. The van der Waals surface area contributed by atoms with Crippen LogP contribution in [0.4, 0.5) is 10.1 Å². The maximum absolute atomic E-state index is 13.3. The Morgan fingerprint density at radius 1 is 1.04 bits per heavy atom. The topological polar surface area (TPSA) is 49.8 Å². The number of carboxylic acids is 1. The Balaban J connectivity index is 1.96. The number of morpholine rings is 1. The summed E-state index contributed by atoms with van der Waals surface area (Å²) in [5.74, 6) is -1.59. The fourth-order valence-electron chi connectivity index (χ4n) is 3.50. The molecule has 138 valence electrons. The molecule has 1 aliphatic heterocycles. The van der Waals surface area contributed by atoms with Crippen LogP contribution in [-0.4, -0.2) is 37.4 Å². The third-order valence-corrected chi connectivity index (χ3v) is 5.08. The monoisotopic (exact) mass is 357 g/mol. The first-order valence-electron chi connectivity index (χ1n) is 8.81. The Kier molecular flexibility index (Phi) is 5.28. The standard InChI is InChI=1S/C21H24FNO3/c1-21(2,20(24)25)19(15-3-7-17(22)8-4-15)16-5-9-18(10-6-16)23-11-13-26-14-12-23/h3-10,19H,11-14H2,1-2H3,(H,24,25). The van der Waals surface area contributed by atoms with Crippen molar-refractivity contribution < 1.29 is 19.0 Å². The minimum atomic E-state index is -1.03. The van der Waals surface area contributed by atoms with Crippen LogP contribution in [0.3, 0.4) is 0 Å². The van der Waals surface area contributed by atoms with Crippen LogP contribution in [0, 0.1) is 11.2 Å². The summed E-state index contributed by atoms with van der Waals surface area (Å²) >= 11 is 0. The number of aliphatic carboxylic acids is 1. The first-order chi connectivity index (χ1) is 12.4. The van der Waals surface area contributed by atoms with Gasteiger partial charge in [-0.2, -0.15) is 0 Å². The van der Waals surface area contributed by atoms with E-state index < -0.39 is 11.4 Å². The molecule has 2 aromatic rings. The van der Waals surface area contributed by atoms with E-state index in [2.05, 4.69) is 4.90 Å². The molecule has 2 aromatic carbocycles. The molecule has 3 rings (SSSR count). The predicted molar refractivity (Wildman–Crippen MR) is 99.1 cm³/mol. The van der Waals surface area contributed by atoms with Gasteiger partial charge >= 0.3 is 5.97 Å². The Bertz CT molecular complexity index is 750. The van der Waals surface area contributed by atoms with Crippen molar-refractivity contribution in [3.63, 3.8) is 0 Å². The number of carboxylic acid groups (broad SMARTS) is 1. The molecule has 1 unspecified atom stereocenters. The molecule has 1 fully saturated rings. The first-order valence-corrected chi connectivity index (χ1v) is 8.81. The fraction of sp³-hybridized carbons (Fsp3) is 0.381. The summed E-state index contributed by atoms with van der Waals surface area (Å²) in [5.41, 5.74) is 1.76. The molecule has 1 aliphatic rings. The zero-order chi connectivity index (χ0) is 18.7. The Morgan fingerprint density at radius 3 is 2.04 bits per heavy atom. The van der Waals surface area contributed by atoms with E-state index in [-0.39, 0.29) is 11.7 Å². The van der Waals surface area contributed by atoms with Crippen LogP contribution >= 0.6 is 0 Å². The zero-order valence-corrected chi connectivity index (χ0v) is 15.1. The summed E-state index contributed by atoms with van der Waals surface area (Å²) < 4.78 is 18.7. The van der Waals surface area contributed by atoms with Gasteiger partial charge in [-0.1, -0.05) is 24.3 Å². The summed E-state index contributed by atoms with van der Waals surface area (Å²) in [6.45, 7) is 6.54. The van der Waals surface area contributed by atoms with E-state index in [0.717, 1.165) is 29.9 Å². The van der Waals surface area contributed by atoms with Gasteiger partial charge in [0.15, 0.2) is 0 Å². The van der Waals surface area contributed by atoms with Crippen molar-refractivity contribution in [2.45, 2.75) is 19.8 Å². The second-order valence-electron chi connectivity index (χ2n) is 7.20. The predicted octanol–water partition coefficient (Wildman–Crippen LogP) is 3.91. The number of nitrogens with zero attached hydrogens (tertiary/aromatic N) is 1. The summed E-state index contributed by atoms with van der Waals surface area (Å²) in [4.78, 5) is 14.1. The number of hydrogen-bond acceptors (Lipinski definition) is 3. The molecule has 0 saturated carbocycles. The maximum atomic E-state index is 13.3. The second-order valence-corrected chi connectivity index (χ2v) is 7.20. The van der Waals surface area contributed by atoms with Crippen LogP contribution in [0.15, 0.2) is 48.5 Å². The highest BCUT2D eigenvalue weighted by Crippen LogP contribution is 2.41. The SMILES string of the molecule is CC(C)(C(=O)O)C(c1ccc(F)cc1)c1ccc(N2CCOCC2)cc1. The Morgan fingerprint density at radius 2 is 1.54 bits per heavy atom. The van der Waals surface area contributed by atoms with Crippen molar-refractivity contribution in [1.29, 1.82) is 0 Å². The molecule has 4 nitrogen and oxygen atoms in total. The van der Waals surface area contributed by atoms with Crippen LogP contribution in [-0.2, 0) is 9.53 Å². The molecule has 0 aromatic heterocycles. The third kappa shape index (κ3) is 3.73. The minimum absolute atomic E-state index is 0.330. The first kappa shape index (κ1) is 18.4. The van der Waals surface area contributed by atoms with E-state index in [1.54, 1.807) is 26.0 Å². The van der Waals surface area contributed by atoms with E-state index in [4.69, 9.17) is 4.74 Å². The highest BCUT2D eigenvalue weighted by atomic mass is 19.1. The number of rotatable bonds is 5. The molecule has 0 aliphatic carbocycles. The maximum Gasteiger partial charge on any atom is 0.310 e. The van der Waals surface area contributed by atoms with Gasteiger partial charge in [0, 0.05) is 24.7 Å². The summed E-state index contributed by atoms with van der Waals surface area (Å²) in [6.07, 6.45) is 0. The van der Waals surface area contributed by atoms with Crippen LogP contribution in [0.25, 0.3) is 0 Å². The van der Waals surface area contributed by atoms with E-state index >= 15 is 0 Å².